The number of aryl methyl sites for hydroxylation is 1. The number of fused-ring (bicyclic) bond motifs is 1. The molecular weight excluding hydrogens is 549 g/mol. The average Bonchev–Trinajstić information content (AvgIpc) is 3.45. The lowest BCUT2D eigenvalue weighted by Gasteiger charge is -2.29. The zero-order valence-corrected chi connectivity index (χ0v) is 24.4. The van der Waals surface area contributed by atoms with E-state index in [9.17, 15) is 9.59 Å². The van der Waals surface area contributed by atoms with Gasteiger partial charge >= 0.3 is 5.97 Å². The Hall–Kier alpha value is -3.81. The van der Waals surface area contributed by atoms with Crippen LogP contribution in [0.5, 0.6) is 5.75 Å². The first kappa shape index (κ1) is 27.7. The molecule has 0 saturated carbocycles. The lowest BCUT2D eigenvalue weighted by molar-refractivity contribution is -0.139. The summed E-state index contributed by atoms with van der Waals surface area (Å²) >= 11 is 12.6. The van der Waals surface area contributed by atoms with E-state index < -0.39 is 6.04 Å². The Morgan fingerprint density at radius 1 is 1.00 bits per heavy atom. The number of hydrogen-bond donors (Lipinski definition) is 0. The highest BCUT2D eigenvalue weighted by Crippen LogP contribution is 2.46. The molecule has 3 aromatic carbocycles. The standard InChI is InChI=1S/C31H29Cl2N3O4/c1-17(2)35-29-27(34-30(35)23-14-19(15-26(37)40-5)7-13-25(23)39-4)31(38)36(24-16-22(33)10-6-18(24)3)28(29)20-8-11-21(32)12-9-20/h6-14,16-17,28H,15H2,1-5H3. The zero-order valence-electron chi connectivity index (χ0n) is 22.9. The van der Waals surface area contributed by atoms with Gasteiger partial charge in [-0.15, -0.1) is 0 Å². The van der Waals surface area contributed by atoms with E-state index in [1.54, 1.807) is 18.1 Å². The van der Waals surface area contributed by atoms with Gasteiger partial charge in [0.2, 0.25) is 0 Å². The smallest absolute Gasteiger partial charge is 0.309 e. The summed E-state index contributed by atoms with van der Waals surface area (Å²) < 4.78 is 12.6. The molecule has 40 heavy (non-hydrogen) atoms. The van der Waals surface area contributed by atoms with Crippen molar-refractivity contribution in [1.29, 1.82) is 0 Å². The van der Waals surface area contributed by atoms with E-state index in [0.717, 1.165) is 22.4 Å². The maximum absolute atomic E-state index is 14.2. The number of halogens is 2. The van der Waals surface area contributed by atoms with E-state index in [1.165, 1.54) is 7.11 Å². The van der Waals surface area contributed by atoms with Crippen LogP contribution in [0.4, 0.5) is 5.69 Å². The van der Waals surface area contributed by atoms with E-state index in [1.807, 2.05) is 75.4 Å². The number of ether oxygens (including phenoxy) is 2. The summed E-state index contributed by atoms with van der Waals surface area (Å²) in [7, 11) is 2.94. The minimum atomic E-state index is -0.482. The first-order valence-electron chi connectivity index (χ1n) is 12.9. The fraction of sp³-hybridized carbons (Fsp3) is 0.258. The van der Waals surface area contributed by atoms with Crippen molar-refractivity contribution in [3.05, 3.63) is 98.8 Å². The number of rotatable bonds is 7. The SMILES string of the molecule is COC(=O)Cc1ccc(OC)c(-c2nc3c(n2C(C)C)C(c2ccc(Cl)cc2)N(c2cc(Cl)ccc2C)C3=O)c1. The molecule has 5 rings (SSSR count). The lowest BCUT2D eigenvalue weighted by atomic mass is 10.0. The highest BCUT2D eigenvalue weighted by molar-refractivity contribution is 6.31. The molecule has 1 atom stereocenters. The van der Waals surface area contributed by atoms with Crippen LogP contribution in [0.3, 0.4) is 0 Å². The van der Waals surface area contributed by atoms with Gasteiger partial charge < -0.3 is 14.0 Å². The van der Waals surface area contributed by atoms with Gasteiger partial charge in [-0.3, -0.25) is 14.5 Å². The largest absolute Gasteiger partial charge is 0.496 e. The van der Waals surface area contributed by atoms with Crippen molar-refractivity contribution in [1.82, 2.24) is 9.55 Å². The number of hydrogen-bond acceptors (Lipinski definition) is 5. The quantitative estimate of drug-likeness (QED) is 0.217. The number of aromatic nitrogens is 2. The molecule has 0 radical (unpaired) electrons. The third-order valence-electron chi connectivity index (χ3n) is 7.10. The van der Waals surface area contributed by atoms with Crippen LogP contribution < -0.4 is 9.64 Å². The molecule has 7 nitrogen and oxygen atoms in total. The molecule has 1 amide bonds. The predicted molar refractivity (Wildman–Crippen MR) is 157 cm³/mol. The molecule has 0 N–H and O–H groups in total. The monoisotopic (exact) mass is 577 g/mol. The van der Waals surface area contributed by atoms with Crippen molar-refractivity contribution in [2.75, 3.05) is 19.1 Å². The molecule has 0 fully saturated rings. The predicted octanol–water partition coefficient (Wildman–Crippen LogP) is 7.22. The van der Waals surface area contributed by atoms with E-state index in [-0.39, 0.29) is 24.3 Å². The fourth-order valence-corrected chi connectivity index (χ4v) is 5.54. The molecular formula is C31H29Cl2N3O4. The van der Waals surface area contributed by atoms with E-state index in [0.29, 0.717) is 38.6 Å². The number of esters is 1. The molecule has 1 aromatic heterocycles. The van der Waals surface area contributed by atoms with Crippen molar-refractivity contribution in [3.8, 4) is 17.1 Å². The van der Waals surface area contributed by atoms with Gasteiger partial charge in [0.05, 0.1) is 31.9 Å². The molecule has 0 spiro atoms. The number of amides is 1. The Kier molecular flexibility index (Phi) is 7.62. The fourth-order valence-electron chi connectivity index (χ4n) is 5.25. The second-order valence-corrected chi connectivity index (χ2v) is 10.9. The first-order valence-corrected chi connectivity index (χ1v) is 13.6. The van der Waals surface area contributed by atoms with Gasteiger partial charge in [-0.2, -0.15) is 0 Å². The molecule has 2 heterocycles. The van der Waals surface area contributed by atoms with Crippen LogP contribution in [0.2, 0.25) is 10.0 Å². The average molecular weight is 578 g/mol. The Labute approximate surface area is 243 Å². The number of nitrogens with zero attached hydrogens (tertiary/aromatic N) is 3. The number of imidazole rings is 1. The molecule has 1 aliphatic rings. The summed E-state index contributed by atoms with van der Waals surface area (Å²) in [5, 5.41) is 1.14. The molecule has 1 aliphatic heterocycles. The summed E-state index contributed by atoms with van der Waals surface area (Å²) in [5.41, 5.74) is 5.05. The van der Waals surface area contributed by atoms with Crippen molar-refractivity contribution in [2.45, 2.75) is 39.3 Å². The van der Waals surface area contributed by atoms with Crippen LogP contribution in [0.25, 0.3) is 11.4 Å². The lowest BCUT2D eigenvalue weighted by Crippen LogP contribution is -2.31. The highest BCUT2D eigenvalue weighted by Gasteiger charge is 2.45. The summed E-state index contributed by atoms with van der Waals surface area (Å²) in [6.45, 7) is 6.05. The molecule has 0 bridgehead atoms. The second-order valence-electron chi connectivity index (χ2n) is 9.98. The van der Waals surface area contributed by atoms with Crippen molar-refractivity contribution < 1.29 is 19.1 Å². The van der Waals surface area contributed by atoms with Crippen molar-refractivity contribution >= 4 is 40.8 Å². The second kappa shape index (κ2) is 11.0. The minimum Gasteiger partial charge on any atom is -0.496 e. The Bertz CT molecular complexity index is 1610. The maximum atomic E-state index is 14.2. The maximum Gasteiger partial charge on any atom is 0.309 e. The molecule has 206 valence electrons. The van der Waals surface area contributed by atoms with Gasteiger partial charge in [0.15, 0.2) is 5.69 Å². The van der Waals surface area contributed by atoms with Gasteiger partial charge in [-0.1, -0.05) is 47.5 Å². The number of carbonyl (C=O) groups excluding carboxylic acids is 2. The normalized spacial score (nSPS) is 14.6. The summed E-state index contributed by atoms with van der Waals surface area (Å²) in [6, 6.07) is 18.0. The molecule has 4 aromatic rings. The Balaban J connectivity index is 1.77. The van der Waals surface area contributed by atoms with Crippen LogP contribution in [-0.4, -0.2) is 35.6 Å². The molecule has 9 heteroatoms. The number of carbonyl (C=O) groups is 2. The van der Waals surface area contributed by atoms with Crippen molar-refractivity contribution in [2.24, 2.45) is 0 Å². The molecule has 0 saturated heterocycles. The number of anilines is 1. The number of methoxy groups -OCH3 is 2. The van der Waals surface area contributed by atoms with Crippen LogP contribution >= 0.6 is 23.2 Å². The van der Waals surface area contributed by atoms with Crippen LogP contribution in [-0.2, 0) is 16.0 Å². The van der Waals surface area contributed by atoms with Gasteiger partial charge in [0.1, 0.15) is 17.6 Å². The van der Waals surface area contributed by atoms with Crippen LogP contribution in [0.15, 0.2) is 60.7 Å². The minimum absolute atomic E-state index is 0.0665. The highest BCUT2D eigenvalue weighted by atomic mass is 35.5. The summed E-state index contributed by atoms with van der Waals surface area (Å²) in [5.74, 6) is 0.581. The van der Waals surface area contributed by atoms with Crippen LogP contribution in [0.1, 0.15) is 58.8 Å². The Morgan fingerprint density at radius 2 is 1.70 bits per heavy atom. The van der Waals surface area contributed by atoms with E-state index in [4.69, 9.17) is 37.7 Å². The zero-order chi connectivity index (χ0) is 28.7. The third-order valence-corrected chi connectivity index (χ3v) is 7.59. The van der Waals surface area contributed by atoms with Gasteiger partial charge in [-0.05, 0) is 73.9 Å². The summed E-state index contributed by atoms with van der Waals surface area (Å²) in [6.07, 6.45) is 0.101. The number of benzene rings is 3. The van der Waals surface area contributed by atoms with Crippen molar-refractivity contribution in [3.63, 3.8) is 0 Å². The third kappa shape index (κ3) is 4.84. The molecule has 1 unspecified atom stereocenters. The van der Waals surface area contributed by atoms with E-state index >= 15 is 0 Å². The van der Waals surface area contributed by atoms with Crippen LogP contribution in [0, 0.1) is 6.92 Å². The Morgan fingerprint density at radius 3 is 2.35 bits per heavy atom. The van der Waals surface area contributed by atoms with Gasteiger partial charge in [0, 0.05) is 21.8 Å². The van der Waals surface area contributed by atoms with Gasteiger partial charge in [0.25, 0.3) is 5.91 Å². The van der Waals surface area contributed by atoms with Gasteiger partial charge in [-0.25, -0.2) is 4.98 Å². The molecule has 0 aliphatic carbocycles. The first-order chi connectivity index (χ1) is 19.1. The summed E-state index contributed by atoms with van der Waals surface area (Å²) in [4.78, 5) is 33.0. The topological polar surface area (TPSA) is 73.7 Å². The van der Waals surface area contributed by atoms with E-state index in [2.05, 4.69) is 4.57 Å².